The number of ether oxygens (including phenoxy) is 4. The molecular weight excluding hydrogens is 376 g/mol. The van der Waals surface area contributed by atoms with E-state index in [2.05, 4.69) is 4.74 Å². The molecule has 27 heavy (non-hydrogen) atoms. The van der Waals surface area contributed by atoms with Gasteiger partial charge in [0.1, 0.15) is 29.9 Å². The Hall–Kier alpha value is -3.19. The van der Waals surface area contributed by atoms with Crippen molar-refractivity contribution in [2.75, 3.05) is 14.2 Å². The van der Waals surface area contributed by atoms with Gasteiger partial charge in [-0.3, -0.25) is 0 Å². The van der Waals surface area contributed by atoms with E-state index in [-0.39, 0.29) is 29.4 Å². The molecule has 0 fully saturated rings. The van der Waals surface area contributed by atoms with Crippen LogP contribution in [0, 0.1) is 0 Å². The van der Waals surface area contributed by atoms with Crippen molar-refractivity contribution < 1.29 is 33.6 Å². The van der Waals surface area contributed by atoms with Gasteiger partial charge in [-0.25, -0.2) is 9.59 Å². The van der Waals surface area contributed by atoms with E-state index in [0.29, 0.717) is 5.02 Å². The maximum atomic E-state index is 11.7. The zero-order chi connectivity index (χ0) is 19.8. The number of carbonyl (C=O) groups excluding carboxylic acids is 1. The monoisotopic (exact) mass is 392 g/mol. The van der Waals surface area contributed by atoms with Crippen LogP contribution in [0.2, 0.25) is 5.02 Å². The molecule has 0 aromatic heterocycles. The molecule has 0 aliphatic heterocycles. The quantitative estimate of drug-likeness (QED) is 0.416. The number of carboxylic acid groups (broad SMARTS) is 1. The number of aromatic carboxylic acids is 1. The standard InChI is InChI=1S/C19H17ClO7/c1-24-11-16(19(23)25-2)27-15-8-4-7-14(17(15)18(21)22)26-10-12-5-3-6-13(20)9-12/h3-9,11H,10H2,1-2H3,(H,21,22). The van der Waals surface area contributed by atoms with Gasteiger partial charge in [0.2, 0.25) is 5.76 Å². The number of methoxy groups -OCH3 is 2. The molecule has 2 rings (SSSR count). The second-order valence-electron chi connectivity index (χ2n) is 5.16. The highest BCUT2D eigenvalue weighted by Gasteiger charge is 2.22. The Kier molecular flexibility index (Phi) is 7.08. The third kappa shape index (κ3) is 5.39. The molecule has 2 aromatic carbocycles. The average molecular weight is 393 g/mol. The minimum absolute atomic E-state index is 0.0709. The van der Waals surface area contributed by atoms with Crippen LogP contribution < -0.4 is 9.47 Å². The van der Waals surface area contributed by atoms with Crippen molar-refractivity contribution in [1.82, 2.24) is 0 Å². The van der Waals surface area contributed by atoms with Crippen LogP contribution in [0.5, 0.6) is 11.5 Å². The summed E-state index contributed by atoms with van der Waals surface area (Å²) >= 11 is 5.93. The third-order valence-electron chi connectivity index (χ3n) is 3.32. The highest BCUT2D eigenvalue weighted by molar-refractivity contribution is 6.30. The molecule has 0 saturated carbocycles. The van der Waals surface area contributed by atoms with E-state index in [0.717, 1.165) is 18.9 Å². The molecule has 7 nitrogen and oxygen atoms in total. The van der Waals surface area contributed by atoms with Crippen molar-refractivity contribution in [1.29, 1.82) is 0 Å². The summed E-state index contributed by atoms with van der Waals surface area (Å²) in [6, 6.07) is 11.4. The molecule has 8 heteroatoms. The molecule has 0 aliphatic carbocycles. The summed E-state index contributed by atoms with van der Waals surface area (Å²) in [4.78, 5) is 23.5. The van der Waals surface area contributed by atoms with Gasteiger partial charge in [0.25, 0.3) is 0 Å². The summed E-state index contributed by atoms with van der Waals surface area (Å²) in [5.41, 5.74) is 0.519. The smallest absolute Gasteiger partial charge is 0.377 e. The molecule has 0 bridgehead atoms. The molecular formula is C19H17ClO7. The molecule has 1 N–H and O–H groups in total. The lowest BCUT2D eigenvalue weighted by Gasteiger charge is -2.14. The lowest BCUT2D eigenvalue weighted by molar-refractivity contribution is -0.138. The Morgan fingerprint density at radius 1 is 1.11 bits per heavy atom. The van der Waals surface area contributed by atoms with Gasteiger partial charge in [-0.15, -0.1) is 0 Å². The summed E-state index contributed by atoms with van der Waals surface area (Å²) in [6.45, 7) is 0.0993. The SMILES string of the molecule is COC=C(Oc1cccc(OCc2cccc(Cl)c2)c1C(=O)O)C(=O)OC. The number of benzene rings is 2. The number of hydrogen-bond donors (Lipinski definition) is 1. The second-order valence-corrected chi connectivity index (χ2v) is 5.60. The van der Waals surface area contributed by atoms with Crippen molar-refractivity contribution >= 4 is 23.5 Å². The van der Waals surface area contributed by atoms with E-state index in [1.165, 1.54) is 25.3 Å². The van der Waals surface area contributed by atoms with E-state index in [1.54, 1.807) is 24.3 Å². The predicted octanol–water partition coefficient (Wildman–Crippen LogP) is 3.66. The first-order valence-electron chi connectivity index (χ1n) is 7.69. The van der Waals surface area contributed by atoms with Gasteiger partial charge in [-0.05, 0) is 29.8 Å². The Morgan fingerprint density at radius 2 is 1.81 bits per heavy atom. The zero-order valence-corrected chi connectivity index (χ0v) is 15.4. The largest absolute Gasteiger partial charge is 0.500 e. The van der Waals surface area contributed by atoms with Gasteiger partial charge in [0.05, 0.1) is 14.2 Å². The normalized spacial score (nSPS) is 10.9. The topological polar surface area (TPSA) is 91.3 Å². The summed E-state index contributed by atoms with van der Waals surface area (Å²) < 4.78 is 20.4. The lowest BCUT2D eigenvalue weighted by atomic mass is 10.1. The van der Waals surface area contributed by atoms with Gasteiger partial charge < -0.3 is 24.1 Å². The van der Waals surface area contributed by atoms with Crippen LogP contribution in [-0.4, -0.2) is 31.3 Å². The Morgan fingerprint density at radius 3 is 2.44 bits per heavy atom. The van der Waals surface area contributed by atoms with Crippen LogP contribution in [-0.2, 0) is 20.9 Å². The van der Waals surface area contributed by atoms with E-state index < -0.39 is 11.9 Å². The summed E-state index contributed by atoms with van der Waals surface area (Å²) in [7, 11) is 2.48. The van der Waals surface area contributed by atoms with Crippen molar-refractivity contribution in [2.45, 2.75) is 6.61 Å². The average Bonchev–Trinajstić information content (AvgIpc) is 2.65. The fraction of sp³-hybridized carbons (Fsp3) is 0.158. The fourth-order valence-corrected chi connectivity index (χ4v) is 2.37. The first-order valence-corrected chi connectivity index (χ1v) is 8.06. The summed E-state index contributed by atoms with van der Waals surface area (Å²) in [6.07, 6.45) is 1.01. The first-order chi connectivity index (χ1) is 13.0. The van der Waals surface area contributed by atoms with Crippen LogP contribution in [0.4, 0.5) is 0 Å². The number of esters is 1. The van der Waals surface area contributed by atoms with Crippen LogP contribution >= 0.6 is 11.6 Å². The Balaban J connectivity index is 2.31. The number of rotatable bonds is 8. The Bertz CT molecular complexity index is 861. The molecule has 0 unspecified atom stereocenters. The maximum absolute atomic E-state index is 11.7. The molecule has 0 heterocycles. The van der Waals surface area contributed by atoms with Crippen LogP contribution in [0.25, 0.3) is 0 Å². The molecule has 2 aromatic rings. The van der Waals surface area contributed by atoms with Crippen molar-refractivity contribution in [2.24, 2.45) is 0 Å². The number of halogens is 1. The van der Waals surface area contributed by atoms with Crippen molar-refractivity contribution in [3.05, 3.63) is 70.6 Å². The molecule has 0 atom stereocenters. The highest BCUT2D eigenvalue weighted by Crippen LogP contribution is 2.31. The van der Waals surface area contributed by atoms with Crippen LogP contribution in [0.15, 0.2) is 54.5 Å². The molecule has 0 saturated heterocycles. The maximum Gasteiger partial charge on any atom is 0.377 e. The highest BCUT2D eigenvalue weighted by atomic mass is 35.5. The van der Waals surface area contributed by atoms with Crippen LogP contribution in [0.1, 0.15) is 15.9 Å². The molecule has 0 aliphatic rings. The van der Waals surface area contributed by atoms with E-state index in [9.17, 15) is 14.7 Å². The predicted molar refractivity (Wildman–Crippen MR) is 96.9 cm³/mol. The molecule has 142 valence electrons. The van der Waals surface area contributed by atoms with Gasteiger partial charge in [-0.1, -0.05) is 29.8 Å². The van der Waals surface area contributed by atoms with E-state index in [1.807, 2.05) is 0 Å². The van der Waals surface area contributed by atoms with Crippen LogP contribution in [0.3, 0.4) is 0 Å². The fourth-order valence-electron chi connectivity index (χ4n) is 2.15. The van der Waals surface area contributed by atoms with Gasteiger partial charge >= 0.3 is 11.9 Å². The number of carboxylic acids is 1. The molecule has 0 spiro atoms. The Labute approximate surface area is 160 Å². The minimum Gasteiger partial charge on any atom is -0.500 e. The van der Waals surface area contributed by atoms with E-state index >= 15 is 0 Å². The zero-order valence-electron chi connectivity index (χ0n) is 14.6. The molecule has 0 radical (unpaired) electrons. The minimum atomic E-state index is -1.28. The summed E-state index contributed by atoms with van der Waals surface area (Å²) in [5, 5.41) is 10.1. The van der Waals surface area contributed by atoms with Gasteiger partial charge in [0.15, 0.2) is 0 Å². The first kappa shape index (κ1) is 20.1. The number of hydrogen-bond acceptors (Lipinski definition) is 6. The van der Waals surface area contributed by atoms with Crippen molar-refractivity contribution in [3.63, 3.8) is 0 Å². The lowest BCUT2D eigenvalue weighted by Crippen LogP contribution is -2.13. The third-order valence-corrected chi connectivity index (χ3v) is 3.55. The number of carbonyl (C=O) groups is 2. The van der Waals surface area contributed by atoms with Crippen molar-refractivity contribution in [3.8, 4) is 11.5 Å². The van der Waals surface area contributed by atoms with E-state index in [4.69, 9.17) is 25.8 Å². The van der Waals surface area contributed by atoms with Gasteiger partial charge in [-0.2, -0.15) is 0 Å². The second kappa shape index (κ2) is 9.49. The van der Waals surface area contributed by atoms with Gasteiger partial charge in [0, 0.05) is 5.02 Å². The summed E-state index contributed by atoms with van der Waals surface area (Å²) in [5.74, 6) is -2.44. The molecule has 0 amide bonds.